The molecule has 0 saturated carbocycles. The van der Waals surface area contributed by atoms with E-state index in [1.165, 1.54) is 0 Å². The van der Waals surface area contributed by atoms with Crippen molar-refractivity contribution in [2.24, 2.45) is 5.41 Å². The second-order valence-electron chi connectivity index (χ2n) is 6.55. The molecule has 4 bridgehead atoms. The SMILES string of the molecule is CC(C)(Br)CCCOC(=O)C12CC3SC(C1)SC(C2)S3. The molecule has 0 amide bonds. The van der Waals surface area contributed by atoms with Crippen molar-refractivity contribution in [2.45, 2.75) is 64.0 Å². The minimum absolute atomic E-state index is 0.0887. The van der Waals surface area contributed by atoms with Crippen LogP contribution in [0.2, 0.25) is 0 Å². The van der Waals surface area contributed by atoms with E-state index in [0.717, 1.165) is 32.1 Å². The van der Waals surface area contributed by atoms with Crippen molar-refractivity contribution in [3.8, 4) is 0 Å². The molecule has 4 fully saturated rings. The number of hydrogen-bond acceptors (Lipinski definition) is 5. The maximum atomic E-state index is 12.6. The first kappa shape index (κ1) is 15.9. The van der Waals surface area contributed by atoms with Crippen LogP contribution >= 0.6 is 51.2 Å². The fraction of sp³-hybridized carbons (Fsp3) is 0.929. The monoisotopic (exact) mass is 396 g/mol. The molecule has 0 aromatic heterocycles. The molecule has 4 saturated heterocycles. The van der Waals surface area contributed by atoms with E-state index in [1.54, 1.807) is 0 Å². The van der Waals surface area contributed by atoms with E-state index in [1.807, 2.05) is 0 Å². The van der Waals surface area contributed by atoms with Crippen molar-refractivity contribution in [1.29, 1.82) is 0 Å². The zero-order valence-electron chi connectivity index (χ0n) is 11.9. The van der Waals surface area contributed by atoms with E-state index < -0.39 is 0 Å². The van der Waals surface area contributed by atoms with Crippen LogP contribution < -0.4 is 0 Å². The maximum Gasteiger partial charge on any atom is 0.312 e. The Morgan fingerprint density at radius 3 is 2.15 bits per heavy atom. The van der Waals surface area contributed by atoms with Gasteiger partial charge in [0.25, 0.3) is 0 Å². The molecular formula is C14H21BrO2S3. The lowest BCUT2D eigenvalue weighted by molar-refractivity contribution is -0.157. The molecule has 0 N–H and O–H groups in total. The Morgan fingerprint density at radius 2 is 1.70 bits per heavy atom. The van der Waals surface area contributed by atoms with Crippen molar-refractivity contribution >= 4 is 57.2 Å². The molecule has 2 nitrogen and oxygen atoms in total. The summed E-state index contributed by atoms with van der Waals surface area (Å²) < 4.78 is 7.66. The quantitative estimate of drug-likeness (QED) is 0.375. The molecule has 4 heterocycles. The first-order chi connectivity index (χ1) is 9.36. The van der Waals surface area contributed by atoms with Gasteiger partial charge in [-0.25, -0.2) is 0 Å². The number of esters is 1. The maximum absolute atomic E-state index is 12.6. The van der Waals surface area contributed by atoms with E-state index >= 15 is 0 Å². The van der Waals surface area contributed by atoms with Gasteiger partial charge in [0.2, 0.25) is 0 Å². The molecule has 0 radical (unpaired) electrons. The predicted molar refractivity (Wildman–Crippen MR) is 93.6 cm³/mol. The number of hydrogen-bond donors (Lipinski definition) is 0. The van der Waals surface area contributed by atoms with Crippen LogP contribution in [-0.2, 0) is 9.53 Å². The van der Waals surface area contributed by atoms with Gasteiger partial charge in [0.1, 0.15) is 0 Å². The molecule has 6 heteroatoms. The second kappa shape index (κ2) is 5.89. The molecule has 114 valence electrons. The molecule has 0 spiro atoms. The smallest absolute Gasteiger partial charge is 0.312 e. The Morgan fingerprint density at radius 1 is 1.20 bits per heavy atom. The number of ether oxygens (including phenoxy) is 1. The highest BCUT2D eigenvalue weighted by atomic mass is 79.9. The van der Waals surface area contributed by atoms with Gasteiger partial charge in [0.05, 0.1) is 25.8 Å². The summed E-state index contributed by atoms with van der Waals surface area (Å²) in [5.74, 6) is 0.0887. The van der Waals surface area contributed by atoms with Gasteiger partial charge in [-0.05, 0) is 32.1 Å². The first-order valence-corrected chi connectivity index (χ1v) is 10.8. The number of alkyl halides is 1. The Bertz CT molecular complexity index is 359. The van der Waals surface area contributed by atoms with Crippen molar-refractivity contribution in [3.63, 3.8) is 0 Å². The Balaban J connectivity index is 1.52. The summed E-state index contributed by atoms with van der Waals surface area (Å²) in [6.45, 7) is 4.88. The fourth-order valence-corrected chi connectivity index (χ4v) is 10.8. The summed E-state index contributed by atoms with van der Waals surface area (Å²) in [5, 5.41) is 0. The molecule has 0 aliphatic carbocycles. The zero-order valence-corrected chi connectivity index (χ0v) is 15.9. The third-order valence-electron chi connectivity index (χ3n) is 4.16. The van der Waals surface area contributed by atoms with Crippen LogP contribution in [0.5, 0.6) is 0 Å². The topological polar surface area (TPSA) is 26.3 Å². The van der Waals surface area contributed by atoms with Crippen LogP contribution in [-0.4, -0.2) is 30.6 Å². The Labute approximate surface area is 142 Å². The minimum atomic E-state index is -0.147. The van der Waals surface area contributed by atoms with Gasteiger partial charge >= 0.3 is 5.97 Å². The summed E-state index contributed by atoms with van der Waals surface area (Å²) in [7, 11) is 0. The molecule has 0 aromatic carbocycles. The lowest BCUT2D eigenvalue weighted by Crippen LogP contribution is -2.49. The third-order valence-corrected chi connectivity index (χ3v) is 9.38. The zero-order chi connectivity index (χ0) is 14.4. The van der Waals surface area contributed by atoms with Crippen LogP contribution in [0.4, 0.5) is 0 Å². The average molecular weight is 397 g/mol. The second-order valence-corrected chi connectivity index (χ2v) is 13.8. The van der Waals surface area contributed by atoms with Gasteiger partial charge < -0.3 is 4.74 Å². The van der Waals surface area contributed by atoms with Gasteiger partial charge in [0, 0.05) is 4.32 Å². The number of halogens is 1. The summed E-state index contributed by atoms with van der Waals surface area (Å²) in [5.41, 5.74) is -0.147. The summed E-state index contributed by atoms with van der Waals surface area (Å²) in [6.07, 6.45) is 5.05. The van der Waals surface area contributed by atoms with E-state index in [-0.39, 0.29) is 15.7 Å². The first-order valence-electron chi connectivity index (χ1n) is 7.19. The van der Waals surface area contributed by atoms with Gasteiger partial charge in [0.15, 0.2) is 0 Å². The highest BCUT2D eigenvalue weighted by Gasteiger charge is 2.57. The van der Waals surface area contributed by atoms with Crippen LogP contribution in [0.15, 0.2) is 0 Å². The van der Waals surface area contributed by atoms with Crippen molar-refractivity contribution in [3.05, 3.63) is 0 Å². The van der Waals surface area contributed by atoms with Crippen molar-refractivity contribution < 1.29 is 9.53 Å². The molecule has 0 unspecified atom stereocenters. The van der Waals surface area contributed by atoms with Crippen LogP contribution in [0.25, 0.3) is 0 Å². The molecule has 0 aromatic rings. The Hall–Kier alpha value is 1.000. The molecular weight excluding hydrogens is 376 g/mol. The lowest BCUT2D eigenvalue weighted by atomic mass is 9.78. The standard InChI is InChI=1S/C14H21BrO2S3/c1-13(2,15)4-3-5-17-12(16)14-6-9-18-10(7-14)20-11(8-14)19-9/h9-11H,3-8H2,1-2H3. The molecule has 4 aliphatic heterocycles. The van der Waals surface area contributed by atoms with Gasteiger partial charge in [-0.1, -0.05) is 29.8 Å². The van der Waals surface area contributed by atoms with E-state index in [2.05, 4.69) is 65.1 Å². The lowest BCUT2D eigenvalue weighted by Gasteiger charge is -2.53. The van der Waals surface area contributed by atoms with Crippen molar-refractivity contribution in [2.75, 3.05) is 6.61 Å². The van der Waals surface area contributed by atoms with E-state index in [9.17, 15) is 4.79 Å². The summed E-state index contributed by atoms with van der Waals surface area (Å²) in [4.78, 5) is 12.6. The predicted octanol–water partition coefficient (Wildman–Crippen LogP) is 4.86. The summed E-state index contributed by atoms with van der Waals surface area (Å²) in [6, 6.07) is 0. The Kier molecular flexibility index (Phi) is 4.68. The van der Waals surface area contributed by atoms with E-state index in [4.69, 9.17) is 4.74 Å². The van der Waals surface area contributed by atoms with Crippen LogP contribution in [0.3, 0.4) is 0 Å². The van der Waals surface area contributed by atoms with E-state index in [0.29, 0.717) is 20.4 Å². The number of rotatable bonds is 5. The number of carbonyl (C=O) groups is 1. The van der Waals surface area contributed by atoms with Gasteiger partial charge in [-0.15, -0.1) is 35.3 Å². The number of thioether (sulfide) groups is 3. The molecule has 20 heavy (non-hydrogen) atoms. The van der Waals surface area contributed by atoms with Gasteiger partial charge in [-0.3, -0.25) is 4.79 Å². The third kappa shape index (κ3) is 3.49. The molecule has 0 atom stereocenters. The number of carbonyl (C=O) groups excluding carboxylic acids is 1. The average Bonchev–Trinajstić information content (AvgIpc) is 2.31. The normalized spacial score (nSPS) is 39.0. The summed E-state index contributed by atoms with van der Waals surface area (Å²) >= 11 is 9.83. The van der Waals surface area contributed by atoms with Crippen molar-refractivity contribution in [1.82, 2.24) is 0 Å². The fourth-order valence-electron chi connectivity index (χ4n) is 3.16. The largest absolute Gasteiger partial charge is 0.465 e. The van der Waals surface area contributed by atoms with Gasteiger partial charge in [-0.2, -0.15) is 0 Å². The van der Waals surface area contributed by atoms with Crippen LogP contribution in [0, 0.1) is 5.41 Å². The minimum Gasteiger partial charge on any atom is -0.465 e. The highest BCUT2D eigenvalue weighted by molar-refractivity contribution is 9.10. The highest BCUT2D eigenvalue weighted by Crippen LogP contribution is 2.66. The molecule has 4 aliphatic rings. The molecule has 4 rings (SSSR count). The van der Waals surface area contributed by atoms with Crippen LogP contribution in [0.1, 0.15) is 46.0 Å².